The monoisotopic (exact) mass is 266 g/mol. The van der Waals surface area contributed by atoms with Crippen LogP contribution in [0.5, 0.6) is 0 Å². The average Bonchev–Trinajstić information content (AvgIpc) is 3.07. The molecule has 106 valence electrons. The van der Waals surface area contributed by atoms with E-state index in [1.807, 2.05) is 23.9 Å². The predicted molar refractivity (Wildman–Crippen MR) is 71.8 cm³/mol. The van der Waals surface area contributed by atoms with Gasteiger partial charge in [0.25, 0.3) is 0 Å². The summed E-state index contributed by atoms with van der Waals surface area (Å²) in [6.07, 6.45) is 6.81. The SMILES string of the molecule is C[C@@H](NC(=O)NCCCn1cccn1)[C@@H]1CCCO1. The number of aryl methyl sites for hydroxylation is 1. The van der Waals surface area contributed by atoms with Crippen LogP contribution in [-0.4, -0.2) is 41.1 Å². The Kier molecular flexibility index (Phi) is 5.20. The van der Waals surface area contributed by atoms with Gasteiger partial charge < -0.3 is 15.4 Å². The van der Waals surface area contributed by atoms with Gasteiger partial charge in [0.05, 0.1) is 12.1 Å². The van der Waals surface area contributed by atoms with Gasteiger partial charge in [-0.25, -0.2) is 4.79 Å². The summed E-state index contributed by atoms with van der Waals surface area (Å²) in [4.78, 5) is 11.7. The Hall–Kier alpha value is -1.56. The van der Waals surface area contributed by atoms with Crippen LogP contribution in [-0.2, 0) is 11.3 Å². The van der Waals surface area contributed by atoms with Crippen LogP contribution in [0.3, 0.4) is 0 Å². The first kappa shape index (κ1) is 13.9. The minimum absolute atomic E-state index is 0.0635. The molecule has 0 saturated carbocycles. The maximum Gasteiger partial charge on any atom is 0.315 e. The molecule has 0 aliphatic carbocycles. The molecule has 6 nitrogen and oxygen atoms in total. The van der Waals surface area contributed by atoms with Crippen LogP contribution < -0.4 is 10.6 Å². The molecule has 1 aliphatic heterocycles. The van der Waals surface area contributed by atoms with Gasteiger partial charge in [-0.3, -0.25) is 4.68 Å². The first-order valence-corrected chi connectivity index (χ1v) is 6.89. The molecule has 2 N–H and O–H groups in total. The van der Waals surface area contributed by atoms with Crippen molar-refractivity contribution in [1.82, 2.24) is 20.4 Å². The van der Waals surface area contributed by atoms with E-state index < -0.39 is 0 Å². The average molecular weight is 266 g/mol. The summed E-state index contributed by atoms with van der Waals surface area (Å²) in [6, 6.07) is 1.83. The number of amides is 2. The second-order valence-corrected chi connectivity index (χ2v) is 4.86. The van der Waals surface area contributed by atoms with Gasteiger partial charge >= 0.3 is 6.03 Å². The van der Waals surface area contributed by atoms with Gasteiger partial charge in [-0.15, -0.1) is 0 Å². The van der Waals surface area contributed by atoms with E-state index in [1.54, 1.807) is 6.20 Å². The third kappa shape index (κ3) is 4.55. The lowest BCUT2D eigenvalue weighted by molar-refractivity contribution is 0.0860. The first-order valence-electron chi connectivity index (χ1n) is 6.89. The summed E-state index contributed by atoms with van der Waals surface area (Å²) >= 11 is 0. The predicted octanol–water partition coefficient (Wildman–Crippen LogP) is 1.14. The molecule has 1 aromatic heterocycles. The number of aromatic nitrogens is 2. The van der Waals surface area contributed by atoms with Crippen LogP contribution >= 0.6 is 0 Å². The normalized spacial score (nSPS) is 20.2. The Balaban J connectivity index is 1.56. The number of carbonyl (C=O) groups excluding carboxylic acids is 1. The van der Waals surface area contributed by atoms with Crippen molar-refractivity contribution in [3.63, 3.8) is 0 Å². The van der Waals surface area contributed by atoms with Crippen molar-refractivity contribution in [2.24, 2.45) is 0 Å². The van der Waals surface area contributed by atoms with Crippen LogP contribution in [0.25, 0.3) is 0 Å². The summed E-state index contributed by atoms with van der Waals surface area (Å²) in [7, 11) is 0. The quantitative estimate of drug-likeness (QED) is 0.759. The van der Waals surface area contributed by atoms with Crippen LogP contribution in [0.4, 0.5) is 4.79 Å². The maximum absolute atomic E-state index is 11.7. The molecule has 0 unspecified atom stereocenters. The van der Waals surface area contributed by atoms with Gasteiger partial charge in [0.1, 0.15) is 0 Å². The molecule has 0 aromatic carbocycles. The number of hydrogen-bond donors (Lipinski definition) is 2. The van der Waals surface area contributed by atoms with Crippen molar-refractivity contribution >= 4 is 6.03 Å². The van der Waals surface area contributed by atoms with Crippen molar-refractivity contribution < 1.29 is 9.53 Å². The summed E-state index contributed by atoms with van der Waals surface area (Å²) in [5.74, 6) is 0. The highest BCUT2D eigenvalue weighted by Crippen LogP contribution is 2.15. The standard InChI is InChI=1S/C13H22N4O2/c1-11(12-5-2-10-19-12)16-13(18)14-6-3-8-17-9-4-7-15-17/h4,7,9,11-12H,2-3,5-6,8,10H2,1H3,(H2,14,16,18)/t11-,12+/m1/s1. The fourth-order valence-corrected chi connectivity index (χ4v) is 2.22. The third-order valence-electron chi connectivity index (χ3n) is 3.29. The summed E-state index contributed by atoms with van der Waals surface area (Å²) in [6.45, 7) is 4.25. The van der Waals surface area contributed by atoms with Gasteiger partial charge in [-0.2, -0.15) is 5.10 Å². The van der Waals surface area contributed by atoms with E-state index in [1.165, 1.54) is 0 Å². The lowest BCUT2D eigenvalue weighted by Crippen LogP contribution is -2.46. The lowest BCUT2D eigenvalue weighted by Gasteiger charge is -2.20. The molecule has 0 bridgehead atoms. The topological polar surface area (TPSA) is 68.2 Å². The summed E-state index contributed by atoms with van der Waals surface area (Å²) in [5.41, 5.74) is 0. The minimum Gasteiger partial charge on any atom is -0.376 e. The van der Waals surface area contributed by atoms with E-state index in [0.717, 1.165) is 32.4 Å². The number of nitrogens with one attached hydrogen (secondary N) is 2. The highest BCUT2D eigenvalue weighted by molar-refractivity contribution is 5.74. The van der Waals surface area contributed by atoms with E-state index in [0.29, 0.717) is 6.54 Å². The molecule has 1 aromatic rings. The highest BCUT2D eigenvalue weighted by Gasteiger charge is 2.23. The fraction of sp³-hybridized carbons (Fsp3) is 0.692. The van der Waals surface area contributed by atoms with Crippen molar-refractivity contribution in [2.45, 2.75) is 44.9 Å². The number of carbonyl (C=O) groups is 1. The Bertz CT molecular complexity index is 374. The van der Waals surface area contributed by atoms with Crippen LogP contribution in [0.1, 0.15) is 26.2 Å². The van der Waals surface area contributed by atoms with E-state index in [-0.39, 0.29) is 18.2 Å². The van der Waals surface area contributed by atoms with Crippen molar-refractivity contribution in [3.05, 3.63) is 18.5 Å². The molecule has 1 aliphatic rings. The number of ether oxygens (including phenoxy) is 1. The van der Waals surface area contributed by atoms with Gasteiger partial charge in [-0.1, -0.05) is 0 Å². The Labute approximate surface area is 113 Å². The van der Waals surface area contributed by atoms with Gasteiger partial charge in [0.2, 0.25) is 0 Å². The molecule has 2 heterocycles. The van der Waals surface area contributed by atoms with Gasteiger partial charge in [-0.05, 0) is 32.3 Å². The van der Waals surface area contributed by atoms with Crippen molar-refractivity contribution in [1.29, 1.82) is 0 Å². The molecular formula is C13H22N4O2. The van der Waals surface area contributed by atoms with E-state index in [2.05, 4.69) is 15.7 Å². The van der Waals surface area contributed by atoms with Crippen molar-refractivity contribution in [3.8, 4) is 0 Å². The summed E-state index contributed by atoms with van der Waals surface area (Å²) < 4.78 is 7.39. The van der Waals surface area contributed by atoms with E-state index in [9.17, 15) is 4.79 Å². The molecule has 2 atom stereocenters. The minimum atomic E-state index is -0.122. The third-order valence-corrected chi connectivity index (χ3v) is 3.29. The van der Waals surface area contributed by atoms with Gasteiger partial charge in [0.15, 0.2) is 0 Å². The zero-order valence-electron chi connectivity index (χ0n) is 11.3. The number of rotatable bonds is 6. The maximum atomic E-state index is 11.7. The smallest absolute Gasteiger partial charge is 0.315 e. The molecule has 0 radical (unpaired) electrons. The Morgan fingerprint density at radius 2 is 2.53 bits per heavy atom. The molecule has 0 spiro atoms. The molecular weight excluding hydrogens is 244 g/mol. The van der Waals surface area contributed by atoms with Gasteiger partial charge in [0, 0.05) is 32.1 Å². The zero-order valence-corrected chi connectivity index (χ0v) is 11.3. The molecule has 1 saturated heterocycles. The second kappa shape index (κ2) is 7.13. The highest BCUT2D eigenvalue weighted by atomic mass is 16.5. The Morgan fingerprint density at radius 1 is 1.63 bits per heavy atom. The summed E-state index contributed by atoms with van der Waals surface area (Å²) in [5, 5.41) is 9.88. The molecule has 6 heteroatoms. The van der Waals surface area contributed by atoms with E-state index >= 15 is 0 Å². The second-order valence-electron chi connectivity index (χ2n) is 4.86. The van der Waals surface area contributed by atoms with E-state index in [4.69, 9.17) is 4.74 Å². The number of hydrogen-bond acceptors (Lipinski definition) is 3. The molecule has 2 amide bonds. The fourth-order valence-electron chi connectivity index (χ4n) is 2.22. The zero-order chi connectivity index (χ0) is 13.5. The lowest BCUT2D eigenvalue weighted by atomic mass is 10.1. The number of urea groups is 1. The molecule has 19 heavy (non-hydrogen) atoms. The first-order chi connectivity index (χ1) is 9.25. The van der Waals surface area contributed by atoms with Crippen molar-refractivity contribution in [2.75, 3.05) is 13.2 Å². The largest absolute Gasteiger partial charge is 0.376 e. The van der Waals surface area contributed by atoms with Crippen LogP contribution in [0.15, 0.2) is 18.5 Å². The van der Waals surface area contributed by atoms with Crippen LogP contribution in [0.2, 0.25) is 0 Å². The van der Waals surface area contributed by atoms with Crippen LogP contribution in [0, 0.1) is 0 Å². The Morgan fingerprint density at radius 3 is 3.21 bits per heavy atom. The molecule has 1 fully saturated rings. The number of nitrogens with zero attached hydrogens (tertiary/aromatic N) is 2. The molecule has 2 rings (SSSR count).